The highest BCUT2D eigenvalue weighted by Gasteiger charge is 2.13. The summed E-state index contributed by atoms with van der Waals surface area (Å²) in [6.45, 7) is 1.85. The van der Waals surface area contributed by atoms with Crippen LogP contribution in [0.4, 0.5) is 10.1 Å². The van der Waals surface area contributed by atoms with Crippen molar-refractivity contribution in [1.29, 1.82) is 0 Å². The first-order valence-electron chi connectivity index (χ1n) is 6.19. The van der Waals surface area contributed by atoms with E-state index in [9.17, 15) is 9.18 Å². The minimum absolute atomic E-state index is 0.223. The van der Waals surface area contributed by atoms with Crippen LogP contribution in [-0.4, -0.2) is 5.91 Å². The molecule has 0 heterocycles. The number of amides is 1. The lowest BCUT2D eigenvalue weighted by Crippen LogP contribution is -2.12. The van der Waals surface area contributed by atoms with Crippen LogP contribution in [-0.2, 0) is 0 Å². The minimum Gasteiger partial charge on any atom is -0.377 e. The third-order valence-electron chi connectivity index (χ3n) is 3.05. The average Bonchev–Trinajstić information content (AvgIpc) is 2.40. The molecule has 1 atom stereocenters. The summed E-state index contributed by atoms with van der Waals surface area (Å²) < 4.78 is 13.1. The van der Waals surface area contributed by atoms with Gasteiger partial charge in [0.15, 0.2) is 0 Å². The van der Waals surface area contributed by atoms with E-state index in [0.29, 0.717) is 21.3 Å². The molecule has 6 heteroatoms. The fourth-order valence-corrected chi connectivity index (χ4v) is 2.46. The molecule has 1 unspecified atom stereocenters. The summed E-state index contributed by atoms with van der Waals surface area (Å²) in [4.78, 5) is 11.2. The van der Waals surface area contributed by atoms with Crippen LogP contribution >= 0.6 is 23.2 Å². The van der Waals surface area contributed by atoms with Crippen LogP contribution < -0.4 is 11.1 Å². The van der Waals surface area contributed by atoms with E-state index in [-0.39, 0.29) is 6.04 Å². The number of carbonyl (C=O) groups excluding carboxylic acids is 1. The second kappa shape index (κ2) is 6.33. The van der Waals surface area contributed by atoms with E-state index < -0.39 is 11.7 Å². The van der Waals surface area contributed by atoms with Gasteiger partial charge in [-0.25, -0.2) is 4.39 Å². The molecule has 2 aromatic carbocycles. The Morgan fingerprint density at radius 3 is 2.52 bits per heavy atom. The van der Waals surface area contributed by atoms with Crippen LogP contribution in [0.2, 0.25) is 10.0 Å². The van der Waals surface area contributed by atoms with Crippen LogP contribution in [0.15, 0.2) is 36.4 Å². The van der Waals surface area contributed by atoms with Crippen LogP contribution in [0.1, 0.15) is 28.9 Å². The first kappa shape index (κ1) is 15.6. The van der Waals surface area contributed by atoms with Gasteiger partial charge in [-0.3, -0.25) is 4.79 Å². The Labute approximate surface area is 131 Å². The summed E-state index contributed by atoms with van der Waals surface area (Å²) in [5.74, 6) is -0.938. The van der Waals surface area contributed by atoms with Crippen LogP contribution in [0, 0.1) is 5.82 Å². The molecule has 3 N–H and O–H groups in total. The van der Waals surface area contributed by atoms with Gasteiger partial charge in [0.1, 0.15) is 5.82 Å². The van der Waals surface area contributed by atoms with Gasteiger partial charge in [0, 0.05) is 10.6 Å². The molecule has 0 bridgehead atoms. The third kappa shape index (κ3) is 3.65. The van der Waals surface area contributed by atoms with Crippen molar-refractivity contribution in [2.75, 3.05) is 5.32 Å². The maximum Gasteiger partial charge on any atom is 0.248 e. The van der Waals surface area contributed by atoms with E-state index in [1.54, 1.807) is 24.3 Å². The summed E-state index contributed by atoms with van der Waals surface area (Å²) in [6, 6.07) is 8.66. The van der Waals surface area contributed by atoms with E-state index in [4.69, 9.17) is 28.9 Å². The molecular weight excluding hydrogens is 314 g/mol. The summed E-state index contributed by atoms with van der Waals surface area (Å²) >= 11 is 12.1. The highest BCUT2D eigenvalue weighted by molar-refractivity contribution is 6.33. The number of rotatable bonds is 4. The number of carbonyl (C=O) groups is 1. The third-order valence-corrected chi connectivity index (χ3v) is 3.71. The second-order valence-corrected chi connectivity index (χ2v) is 5.41. The van der Waals surface area contributed by atoms with Gasteiger partial charge in [-0.1, -0.05) is 29.3 Å². The number of hydrogen-bond donors (Lipinski definition) is 2. The molecule has 21 heavy (non-hydrogen) atoms. The lowest BCUT2D eigenvalue weighted by molar-refractivity contribution is 0.100. The Morgan fingerprint density at radius 1 is 1.19 bits per heavy atom. The van der Waals surface area contributed by atoms with Crippen molar-refractivity contribution < 1.29 is 9.18 Å². The average molecular weight is 327 g/mol. The van der Waals surface area contributed by atoms with Crippen molar-refractivity contribution in [2.45, 2.75) is 13.0 Å². The van der Waals surface area contributed by atoms with Gasteiger partial charge in [-0.15, -0.1) is 0 Å². The Balaban J connectivity index is 2.28. The normalized spacial score (nSPS) is 12.0. The Bertz CT molecular complexity index is 691. The molecule has 3 nitrogen and oxygen atoms in total. The lowest BCUT2D eigenvalue weighted by Gasteiger charge is -2.18. The highest BCUT2D eigenvalue weighted by Crippen LogP contribution is 2.30. The Kier molecular flexibility index (Phi) is 4.70. The molecule has 0 fully saturated rings. The van der Waals surface area contributed by atoms with Crippen molar-refractivity contribution >= 4 is 34.8 Å². The maximum atomic E-state index is 13.1. The summed E-state index contributed by atoms with van der Waals surface area (Å²) in [5.41, 5.74) is 6.87. The van der Waals surface area contributed by atoms with Crippen molar-refractivity contribution in [3.8, 4) is 0 Å². The minimum atomic E-state index is -0.540. The van der Waals surface area contributed by atoms with Crippen LogP contribution in [0.3, 0.4) is 0 Å². The number of benzene rings is 2. The molecule has 1 amide bonds. The zero-order valence-electron chi connectivity index (χ0n) is 11.2. The van der Waals surface area contributed by atoms with Gasteiger partial charge in [0.25, 0.3) is 0 Å². The monoisotopic (exact) mass is 326 g/mol. The predicted octanol–water partition coefficient (Wildman–Crippen LogP) is 4.40. The van der Waals surface area contributed by atoms with E-state index in [1.165, 1.54) is 12.1 Å². The number of halogens is 3. The molecule has 0 aliphatic heterocycles. The fraction of sp³-hybridized carbons (Fsp3) is 0.133. The highest BCUT2D eigenvalue weighted by atomic mass is 35.5. The molecule has 0 aliphatic rings. The largest absolute Gasteiger partial charge is 0.377 e. The lowest BCUT2D eigenvalue weighted by atomic mass is 10.1. The zero-order chi connectivity index (χ0) is 15.6. The molecular formula is C15H13Cl2FN2O. The molecule has 2 aromatic rings. The van der Waals surface area contributed by atoms with Crippen LogP contribution in [0.5, 0.6) is 0 Å². The second-order valence-electron chi connectivity index (χ2n) is 4.59. The number of anilines is 1. The van der Waals surface area contributed by atoms with Crippen molar-refractivity contribution in [2.24, 2.45) is 5.73 Å². The van der Waals surface area contributed by atoms with Gasteiger partial charge in [-0.05, 0) is 42.8 Å². The van der Waals surface area contributed by atoms with Gasteiger partial charge in [-0.2, -0.15) is 0 Å². The fourth-order valence-electron chi connectivity index (χ4n) is 1.95. The molecule has 2 rings (SSSR count). The van der Waals surface area contributed by atoms with Gasteiger partial charge >= 0.3 is 0 Å². The number of nitrogens with two attached hydrogens (primary N) is 1. The predicted molar refractivity (Wildman–Crippen MR) is 83.4 cm³/mol. The first-order valence-corrected chi connectivity index (χ1v) is 6.95. The molecule has 0 aromatic heterocycles. The molecule has 0 saturated heterocycles. The van der Waals surface area contributed by atoms with Crippen molar-refractivity contribution in [3.05, 3.63) is 63.4 Å². The van der Waals surface area contributed by atoms with Crippen LogP contribution in [0.25, 0.3) is 0 Å². The molecule has 110 valence electrons. The van der Waals surface area contributed by atoms with E-state index in [1.807, 2.05) is 6.92 Å². The number of hydrogen-bond acceptors (Lipinski definition) is 2. The summed E-state index contributed by atoms with van der Waals surface area (Å²) in [5, 5.41) is 3.90. The van der Waals surface area contributed by atoms with Crippen molar-refractivity contribution in [1.82, 2.24) is 0 Å². The number of primary amides is 1. The van der Waals surface area contributed by atoms with E-state index >= 15 is 0 Å². The molecule has 0 radical (unpaired) electrons. The maximum absolute atomic E-state index is 13.1. The quantitative estimate of drug-likeness (QED) is 0.874. The number of nitrogens with one attached hydrogen (secondary N) is 1. The molecule has 0 saturated carbocycles. The standard InChI is InChI=1S/C15H13Cl2FN2O/c1-8(11-4-3-10(18)7-13(11)17)20-14-6-9(15(19)21)2-5-12(14)16/h2-8,20H,1H3,(H2,19,21). The van der Waals surface area contributed by atoms with Gasteiger partial charge < -0.3 is 11.1 Å². The van der Waals surface area contributed by atoms with E-state index in [2.05, 4.69) is 5.32 Å². The smallest absolute Gasteiger partial charge is 0.248 e. The Hall–Kier alpha value is -1.78. The summed E-state index contributed by atoms with van der Waals surface area (Å²) in [6.07, 6.45) is 0. The first-order chi connectivity index (χ1) is 9.88. The topological polar surface area (TPSA) is 55.1 Å². The summed E-state index contributed by atoms with van der Waals surface area (Å²) in [7, 11) is 0. The molecule has 0 spiro atoms. The van der Waals surface area contributed by atoms with Crippen molar-refractivity contribution in [3.63, 3.8) is 0 Å². The Morgan fingerprint density at radius 2 is 1.90 bits per heavy atom. The van der Waals surface area contributed by atoms with Gasteiger partial charge in [0.05, 0.1) is 16.8 Å². The van der Waals surface area contributed by atoms with Gasteiger partial charge in [0.2, 0.25) is 5.91 Å². The van der Waals surface area contributed by atoms with E-state index in [0.717, 1.165) is 5.56 Å². The zero-order valence-corrected chi connectivity index (χ0v) is 12.7. The SMILES string of the molecule is CC(Nc1cc(C(N)=O)ccc1Cl)c1ccc(F)cc1Cl. The molecule has 0 aliphatic carbocycles.